The second kappa shape index (κ2) is 9.90. The maximum absolute atomic E-state index is 12.0. The quantitative estimate of drug-likeness (QED) is 0.720. The van der Waals surface area contributed by atoms with Gasteiger partial charge in [-0.15, -0.1) is 0 Å². The number of amides is 2. The van der Waals surface area contributed by atoms with Gasteiger partial charge < -0.3 is 19.7 Å². The number of benzene rings is 2. The van der Waals surface area contributed by atoms with Crippen LogP contribution in [0.3, 0.4) is 0 Å². The molecule has 1 atom stereocenters. The van der Waals surface area contributed by atoms with E-state index in [1.165, 1.54) is 11.8 Å². The second-order valence-electron chi connectivity index (χ2n) is 6.33. The molecule has 150 valence electrons. The summed E-state index contributed by atoms with van der Waals surface area (Å²) in [6, 6.07) is 14.6. The molecule has 0 radical (unpaired) electrons. The first kappa shape index (κ1) is 21.4. The van der Waals surface area contributed by atoms with Gasteiger partial charge in [-0.2, -0.15) is 5.26 Å². The standard InChI is InChI=1S/C21H21N3O5/c1-14(29-18-10-4-15(12-22)5-11-18)21(27)28-13-19(25)23-17-8-6-16(7-9-17)20(26)24(2)3/h4-11,14H,13H2,1-3H3,(H,23,25)/t14-/m1/s1. The molecule has 8 nitrogen and oxygen atoms in total. The van der Waals surface area contributed by atoms with Gasteiger partial charge in [0.15, 0.2) is 12.7 Å². The fourth-order valence-corrected chi connectivity index (χ4v) is 2.27. The summed E-state index contributed by atoms with van der Waals surface area (Å²) < 4.78 is 10.4. The number of rotatable bonds is 7. The molecule has 0 fully saturated rings. The van der Waals surface area contributed by atoms with Crippen molar-refractivity contribution in [3.8, 4) is 11.8 Å². The van der Waals surface area contributed by atoms with Crippen LogP contribution in [0.1, 0.15) is 22.8 Å². The largest absolute Gasteiger partial charge is 0.479 e. The Morgan fingerprint density at radius 2 is 1.69 bits per heavy atom. The molecule has 0 aliphatic carbocycles. The van der Waals surface area contributed by atoms with Crippen molar-refractivity contribution in [2.75, 3.05) is 26.0 Å². The minimum Gasteiger partial charge on any atom is -0.479 e. The molecule has 0 aliphatic rings. The molecule has 0 saturated carbocycles. The minimum atomic E-state index is -0.924. The molecule has 8 heteroatoms. The van der Waals surface area contributed by atoms with Crippen LogP contribution in [0, 0.1) is 11.3 Å². The molecule has 2 aromatic carbocycles. The van der Waals surface area contributed by atoms with E-state index in [0.717, 1.165) is 0 Å². The first-order valence-electron chi connectivity index (χ1n) is 8.75. The normalized spacial score (nSPS) is 11.0. The van der Waals surface area contributed by atoms with E-state index in [1.54, 1.807) is 62.6 Å². The first-order chi connectivity index (χ1) is 13.8. The Labute approximate surface area is 168 Å². The molecule has 0 saturated heterocycles. The Hall–Kier alpha value is -3.86. The third-order valence-corrected chi connectivity index (χ3v) is 3.80. The lowest BCUT2D eigenvalue weighted by Crippen LogP contribution is -2.29. The van der Waals surface area contributed by atoms with Gasteiger partial charge in [-0.25, -0.2) is 4.79 Å². The van der Waals surface area contributed by atoms with Crippen molar-refractivity contribution in [2.24, 2.45) is 0 Å². The first-order valence-corrected chi connectivity index (χ1v) is 8.75. The predicted molar refractivity (Wildman–Crippen MR) is 105 cm³/mol. The zero-order valence-electron chi connectivity index (χ0n) is 16.3. The number of esters is 1. The van der Waals surface area contributed by atoms with Crippen molar-refractivity contribution in [3.05, 3.63) is 59.7 Å². The summed E-state index contributed by atoms with van der Waals surface area (Å²) in [7, 11) is 3.30. The molecule has 0 aromatic heterocycles. The number of hydrogen-bond donors (Lipinski definition) is 1. The summed E-state index contributed by atoms with van der Waals surface area (Å²) >= 11 is 0. The molecule has 0 unspecified atom stereocenters. The molecule has 0 heterocycles. The van der Waals surface area contributed by atoms with Gasteiger partial charge in [-0.05, 0) is 55.5 Å². The van der Waals surface area contributed by atoms with Crippen LogP contribution in [-0.2, 0) is 14.3 Å². The molecule has 29 heavy (non-hydrogen) atoms. The Kier molecular flexibility index (Phi) is 7.32. The van der Waals surface area contributed by atoms with Crippen molar-refractivity contribution < 1.29 is 23.9 Å². The molecule has 0 bridgehead atoms. The van der Waals surface area contributed by atoms with E-state index in [-0.39, 0.29) is 5.91 Å². The predicted octanol–water partition coefficient (Wildman–Crippen LogP) is 2.21. The van der Waals surface area contributed by atoms with E-state index in [0.29, 0.717) is 22.6 Å². The number of carbonyl (C=O) groups is 3. The lowest BCUT2D eigenvalue weighted by atomic mass is 10.2. The van der Waals surface area contributed by atoms with E-state index in [4.69, 9.17) is 14.7 Å². The summed E-state index contributed by atoms with van der Waals surface area (Å²) in [4.78, 5) is 37.2. The number of carbonyl (C=O) groups excluding carboxylic acids is 3. The van der Waals surface area contributed by atoms with Crippen molar-refractivity contribution in [2.45, 2.75) is 13.0 Å². The molecule has 0 spiro atoms. The summed E-state index contributed by atoms with van der Waals surface area (Å²) in [6.07, 6.45) is -0.924. The van der Waals surface area contributed by atoms with Gasteiger partial charge in [-0.3, -0.25) is 9.59 Å². The number of anilines is 1. The maximum Gasteiger partial charge on any atom is 0.347 e. The second-order valence-corrected chi connectivity index (χ2v) is 6.33. The molecule has 0 aliphatic heterocycles. The smallest absolute Gasteiger partial charge is 0.347 e. The lowest BCUT2D eigenvalue weighted by Gasteiger charge is -2.14. The van der Waals surface area contributed by atoms with Crippen molar-refractivity contribution >= 4 is 23.5 Å². The fourth-order valence-electron chi connectivity index (χ4n) is 2.27. The highest BCUT2D eigenvalue weighted by molar-refractivity contribution is 5.96. The van der Waals surface area contributed by atoms with Gasteiger partial charge >= 0.3 is 5.97 Å². The Bertz CT molecular complexity index is 915. The van der Waals surface area contributed by atoms with Crippen LogP contribution in [0.15, 0.2) is 48.5 Å². The number of hydrogen-bond acceptors (Lipinski definition) is 6. The van der Waals surface area contributed by atoms with Crippen LogP contribution < -0.4 is 10.1 Å². The van der Waals surface area contributed by atoms with Gasteiger partial charge in [0.2, 0.25) is 0 Å². The van der Waals surface area contributed by atoms with Gasteiger partial charge in [0.1, 0.15) is 5.75 Å². The average molecular weight is 395 g/mol. The summed E-state index contributed by atoms with van der Waals surface area (Å²) in [5, 5.41) is 11.3. The van der Waals surface area contributed by atoms with Gasteiger partial charge in [0.05, 0.1) is 11.6 Å². The number of ether oxygens (including phenoxy) is 2. The van der Waals surface area contributed by atoms with E-state index >= 15 is 0 Å². The molecule has 2 amide bonds. The van der Waals surface area contributed by atoms with Gasteiger partial charge in [0, 0.05) is 25.3 Å². The zero-order chi connectivity index (χ0) is 21.4. The monoisotopic (exact) mass is 395 g/mol. The Morgan fingerprint density at radius 1 is 1.07 bits per heavy atom. The van der Waals surface area contributed by atoms with Crippen LogP contribution in [0.5, 0.6) is 5.75 Å². The van der Waals surface area contributed by atoms with E-state index in [1.807, 2.05) is 6.07 Å². The van der Waals surface area contributed by atoms with E-state index in [2.05, 4.69) is 5.32 Å². The van der Waals surface area contributed by atoms with Gasteiger partial charge in [0.25, 0.3) is 11.8 Å². The minimum absolute atomic E-state index is 0.145. The third-order valence-electron chi connectivity index (χ3n) is 3.80. The van der Waals surface area contributed by atoms with Crippen LogP contribution in [0.4, 0.5) is 5.69 Å². The molecule has 2 rings (SSSR count). The highest BCUT2D eigenvalue weighted by atomic mass is 16.6. The van der Waals surface area contributed by atoms with Crippen LogP contribution in [0.25, 0.3) is 0 Å². The maximum atomic E-state index is 12.0. The highest BCUT2D eigenvalue weighted by Crippen LogP contribution is 2.14. The molecule has 1 N–H and O–H groups in total. The molecular formula is C21H21N3O5. The topological polar surface area (TPSA) is 109 Å². The molecular weight excluding hydrogens is 374 g/mol. The Morgan fingerprint density at radius 3 is 2.24 bits per heavy atom. The molecule has 2 aromatic rings. The SMILES string of the molecule is C[C@@H](Oc1ccc(C#N)cc1)C(=O)OCC(=O)Nc1ccc(C(=O)N(C)C)cc1. The zero-order valence-corrected chi connectivity index (χ0v) is 16.3. The van der Waals surface area contributed by atoms with Gasteiger partial charge in [-0.1, -0.05) is 0 Å². The van der Waals surface area contributed by atoms with E-state index < -0.39 is 24.6 Å². The van der Waals surface area contributed by atoms with Crippen molar-refractivity contribution in [1.82, 2.24) is 4.90 Å². The summed E-state index contributed by atoms with van der Waals surface area (Å²) in [5.41, 5.74) is 1.44. The number of nitrogens with one attached hydrogen (secondary N) is 1. The van der Waals surface area contributed by atoms with Crippen LogP contribution in [0.2, 0.25) is 0 Å². The summed E-state index contributed by atoms with van der Waals surface area (Å²) in [6.45, 7) is 1.03. The fraction of sp³-hybridized carbons (Fsp3) is 0.238. The third kappa shape index (κ3) is 6.36. The average Bonchev–Trinajstić information content (AvgIpc) is 2.72. The van der Waals surface area contributed by atoms with E-state index in [9.17, 15) is 14.4 Å². The number of nitrogens with zero attached hydrogens (tertiary/aromatic N) is 2. The summed E-state index contributed by atoms with van der Waals surface area (Å²) in [5.74, 6) is -0.953. The number of nitriles is 1. The van der Waals surface area contributed by atoms with Crippen LogP contribution in [-0.4, -0.2) is 49.5 Å². The van der Waals surface area contributed by atoms with Crippen molar-refractivity contribution in [1.29, 1.82) is 5.26 Å². The van der Waals surface area contributed by atoms with Crippen LogP contribution >= 0.6 is 0 Å². The lowest BCUT2D eigenvalue weighted by molar-refractivity contribution is -0.153. The van der Waals surface area contributed by atoms with Crippen molar-refractivity contribution in [3.63, 3.8) is 0 Å². The highest BCUT2D eigenvalue weighted by Gasteiger charge is 2.18. The Balaban J connectivity index is 1.81.